The van der Waals surface area contributed by atoms with E-state index in [2.05, 4.69) is 19.2 Å². The standard InChI is InChI=1S/C15H22N2O3S/c1-8-6-7-9(2)17(8)15(19)16-13-12(14(18)20-5)10(3)11(4)21-13/h8-9H,6-7H2,1-5H3,(H,16,19). The summed E-state index contributed by atoms with van der Waals surface area (Å²) in [6.45, 7) is 7.91. The van der Waals surface area contributed by atoms with Crippen LogP contribution >= 0.6 is 11.3 Å². The van der Waals surface area contributed by atoms with Gasteiger partial charge in [-0.1, -0.05) is 0 Å². The molecule has 1 aromatic heterocycles. The fourth-order valence-electron chi connectivity index (χ4n) is 2.82. The lowest BCUT2D eigenvalue weighted by molar-refractivity contribution is 0.0601. The van der Waals surface area contributed by atoms with Crippen LogP contribution < -0.4 is 5.32 Å². The van der Waals surface area contributed by atoms with Gasteiger partial charge in [0.2, 0.25) is 0 Å². The highest BCUT2D eigenvalue weighted by Gasteiger charge is 2.32. The third-order valence-corrected chi connectivity index (χ3v) is 5.30. The van der Waals surface area contributed by atoms with Crippen molar-refractivity contribution >= 4 is 28.3 Å². The van der Waals surface area contributed by atoms with Crippen LogP contribution in [0.3, 0.4) is 0 Å². The number of hydrogen-bond acceptors (Lipinski definition) is 4. The number of urea groups is 1. The van der Waals surface area contributed by atoms with Crippen LogP contribution in [0.1, 0.15) is 47.5 Å². The molecule has 0 radical (unpaired) electrons. The highest BCUT2D eigenvalue weighted by Crippen LogP contribution is 2.34. The maximum absolute atomic E-state index is 12.5. The Labute approximate surface area is 129 Å². The molecular formula is C15H22N2O3S. The molecule has 0 aromatic carbocycles. The molecule has 2 atom stereocenters. The summed E-state index contributed by atoms with van der Waals surface area (Å²) in [7, 11) is 1.35. The lowest BCUT2D eigenvalue weighted by Crippen LogP contribution is -2.41. The van der Waals surface area contributed by atoms with Crippen LogP contribution in [0.4, 0.5) is 9.80 Å². The summed E-state index contributed by atoms with van der Waals surface area (Å²) in [6, 6.07) is 0.311. The number of rotatable bonds is 2. The first-order chi connectivity index (χ1) is 9.86. The Balaban J connectivity index is 2.25. The number of methoxy groups -OCH3 is 1. The van der Waals surface area contributed by atoms with E-state index in [1.807, 2.05) is 18.7 Å². The van der Waals surface area contributed by atoms with Crippen molar-refractivity contribution < 1.29 is 14.3 Å². The molecule has 21 heavy (non-hydrogen) atoms. The first-order valence-corrected chi connectivity index (χ1v) is 7.96. The molecule has 2 unspecified atom stereocenters. The number of carbonyl (C=O) groups is 2. The van der Waals surface area contributed by atoms with Gasteiger partial charge in [-0.05, 0) is 46.1 Å². The molecule has 1 fully saturated rings. The molecule has 0 spiro atoms. The molecule has 116 valence electrons. The van der Waals surface area contributed by atoms with Crippen LogP contribution in [0.5, 0.6) is 0 Å². The molecule has 6 heteroatoms. The second kappa shape index (κ2) is 6.05. The third-order valence-electron chi connectivity index (χ3n) is 4.18. The Morgan fingerprint density at radius 2 is 1.81 bits per heavy atom. The molecule has 1 N–H and O–H groups in total. The van der Waals surface area contributed by atoms with Gasteiger partial charge < -0.3 is 9.64 Å². The lowest BCUT2D eigenvalue weighted by atomic mass is 10.1. The van der Waals surface area contributed by atoms with Gasteiger partial charge in [-0.15, -0.1) is 11.3 Å². The van der Waals surface area contributed by atoms with Gasteiger partial charge in [-0.2, -0.15) is 0 Å². The zero-order valence-corrected chi connectivity index (χ0v) is 14.0. The Hall–Kier alpha value is -1.56. The van der Waals surface area contributed by atoms with Crippen LogP contribution in [-0.2, 0) is 4.74 Å². The predicted molar refractivity (Wildman–Crippen MR) is 84.1 cm³/mol. The molecule has 5 nitrogen and oxygen atoms in total. The molecule has 0 aliphatic carbocycles. The SMILES string of the molecule is COC(=O)c1c(NC(=O)N2C(C)CCC2C)sc(C)c1C. The predicted octanol–water partition coefficient (Wildman–Crippen LogP) is 3.56. The summed E-state index contributed by atoms with van der Waals surface area (Å²) in [5.41, 5.74) is 1.33. The van der Waals surface area contributed by atoms with E-state index in [0.717, 1.165) is 23.3 Å². The molecule has 2 heterocycles. The van der Waals surface area contributed by atoms with E-state index >= 15 is 0 Å². The summed E-state index contributed by atoms with van der Waals surface area (Å²) in [4.78, 5) is 27.3. The molecule has 0 bridgehead atoms. The van der Waals surface area contributed by atoms with Crippen LogP contribution in [0.25, 0.3) is 0 Å². The normalized spacial score (nSPS) is 21.5. The molecule has 1 aliphatic heterocycles. The summed E-state index contributed by atoms with van der Waals surface area (Å²) in [6.07, 6.45) is 2.03. The van der Waals surface area contributed by atoms with Crippen molar-refractivity contribution in [2.75, 3.05) is 12.4 Å². The zero-order valence-electron chi connectivity index (χ0n) is 13.1. The fourth-order valence-corrected chi connectivity index (χ4v) is 3.86. The van der Waals surface area contributed by atoms with Crippen molar-refractivity contribution in [3.8, 4) is 0 Å². The van der Waals surface area contributed by atoms with E-state index in [0.29, 0.717) is 10.6 Å². The highest BCUT2D eigenvalue weighted by molar-refractivity contribution is 7.16. The fraction of sp³-hybridized carbons (Fsp3) is 0.600. The summed E-state index contributed by atoms with van der Waals surface area (Å²) >= 11 is 1.41. The van der Waals surface area contributed by atoms with Gasteiger partial charge in [0.15, 0.2) is 0 Å². The second-order valence-corrected chi connectivity index (χ2v) is 6.82. The van der Waals surface area contributed by atoms with E-state index in [1.54, 1.807) is 0 Å². The van der Waals surface area contributed by atoms with Crippen molar-refractivity contribution in [1.29, 1.82) is 0 Å². The largest absolute Gasteiger partial charge is 0.465 e. The maximum atomic E-state index is 12.5. The number of carbonyl (C=O) groups excluding carboxylic acids is 2. The quantitative estimate of drug-likeness (QED) is 0.850. The Morgan fingerprint density at radius 3 is 2.33 bits per heavy atom. The van der Waals surface area contributed by atoms with Crippen molar-refractivity contribution in [2.24, 2.45) is 0 Å². The first-order valence-electron chi connectivity index (χ1n) is 7.14. The van der Waals surface area contributed by atoms with Crippen molar-refractivity contribution in [3.63, 3.8) is 0 Å². The smallest absolute Gasteiger partial charge is 0.341 e. The number of anilines is 1. The van der Waals surface area contributed by atoms with E-state index in [4.69, 9.17) is 4.74 Å². The molecule has 1 saturated heterocycles. The molecule has 2 amide bonds. The molecule has 1 aliphatic rings. The number of thiophene rings is 1. The van der Waals surface area contributed by atoms with Gasteiger partial charge in [0.25, 0.3) is 0 Å². The molecule has 2 rings (SSSR count). The van der Waals surface area contributed by atoms with Crippen LogP contribution in [0, 0.1) is 13.8 Å². The summed E-state index contributed by atoms with van der Waals surface area (Å²) in [5, 5.41) is 3.47. The first kappa shape index (κ1) is 15.8. The number of ether oxygens (including phenoxy) is 1. The average Bonchev–Trinajstić information content (AvgIpc) is 2.90. The van der Waals surface area contributed by atoms with E-state index < -0.39 is 5.97 Å². The minimum atomic E-state index is -0.408. The van der Waals surface area contributed by atoms with Crippen molar-refractivity contribution in [3.05, 3.63) is 16.0 Å². The zero-order chi connectivity index (χ0) is 15.7. The van der Waals surface area contributed by atoms with Crippen LogP contribution in [-0.4, -0.2) is 36.1 Å². The van der Waals surface area contributed by atoms with Crippen LogP contribution in [0.15, 0.2) is 0 Å². The number of likely N-dealkylation sites (tertiary alicyclic amines) is 1. The van der Waals surface area contributed by atoms with E-state index in [-0.39, 0.29) is 18.1 Å². The Kier molecular flexibility index (Phi) is 4.56. The number of hydrogen-bond donors (Lipinski definition) is 1. The number of amides is 2. The number of esters is 1. The van der Waals surface area contributed by atoms with Gasteiger partial charge >= 0.3 is 12.0 Å². The second-order valence-electron chi connectivity index (χ2n) is 5.59. The highest BCUT2D eigenvalue weighted by atomic mass is 32.1. The van der Waals surface area contributed by atoms with Gasteiger partial charge in [-0.25, -0.2) is 9.59 Å². The maximum Gasteiger partial charge on any atom is 0.341 e. The Bertz CT molecular complexity index is 558. The summed E-state index contributed by atoms with van der Waals surface area (Å²) in [5.74, 6) is -0.408. The van der Waals surface area contributed by atoms with Crippen molar-refractivity contribution in [2.45, 2.75) is 52.6 Å². The van der Waals surface area contributed by atoms with Crippen LogP contribution in [0.2, 0.25) is 0 Å². The monoisotopic (exact) mass is 310 g/mol. The number of nitrogens with one attached hydrogen (secondary N) is 1. The van der Waals surface area contributed by atoms with Gasteiger partial charge in [0.1, 0.15) is 5.00 Å². The topological polar surface area (TPSA) is 58.6 Å². The van der Waals surface area contributed by atoms with Gasteiger partial charge in [-0.3, -0.25) is 5.32 Å². The van der Waals surface area contributed by atoms with Crippen molar-refractivity contribution in [1.82, 2.24) is 4.90 Å². The van der Waals surface area contributed by atoms with E-state index in [9.17, 15) is 9.59 Å². The average molecular weight is 310 g/mol. The van der Waals surface area contributed by atoms with E-state index in [1.165, 1.54) is 18.4 Å². The minimum absolute atomic E-state index is 0.140. The van der Waals surface area contributed by atoms with Gasteiger partial charge in [0, 0.05) is 17.0 Å². The minimum Gasteiger partial charge on any atom is -0.465 e. The molecule has 0 saturated carbocycles. The lowest BCUT2D eigenvalue weighted by Gasteiger charge is -2.26. The van der Waals surface area contributed by atoms with Gasteiger partial charge in [0.05, 0.1) is 12.7 Å². The number of nitrogens with zero attached hydrogens (tertiary/aromatic N) is 1. The Morgan fingerprint density at radius 1 is 1.24 bits per heavy atom. The third kappa shape index (κ3) is 2.90. The summed E-state index contributed by atoms with van der Waals surface area (Å²) < 4.78 is 4.82. The molecular weight excluding hydrogens is 288 g/mol. The molecule has 1 aromatic rings. The number of aryl methyl sites for hydroxylation is 1.